The van der Waals surface area contributed by atoms with E-state index in [2.05, 4.69) is 20.8 Å². The Morgan fingerprint density at radius 3 is 1.54 bits per heavy atom. The summed E-state index contributed by atoms with van der Waals surface area (Å²) in [5.74, 6) is 0.936. The molecule has 230 valence electrons. The molecule has 0 aromatic heterocycles. The maximum atomic E-state index is 12.5. The lowest BCUT2D eigenvalue weighted by atomic mass is 10.0. The van der Waals surface area contributed by atoms with Gasteiger partial charge in [-0.1, -0.05) is 129 Å². The van der Waals surface area contributed by atoms with Gasteiger partial charge in [-0.2, -0.15) is 0 Å². The molecule has 0 spiro atoms. The van der Waals surface area contributed by atoms with Crippen LogP contribution in [0.15, 0.2) is 48.5 Å². The molecule has 2 aromatic rings. The number of benzene rings is 2. The van der Waals surface area contributed by atoms with Gasteiger partial charge in [0.1, 0.15) is 11.5 Å². The second kappa shape index (κ2) is 23.3. The summed E-state index contributed by atoms with van der Waals surface area (Å²) in [6.07, 6.45) is 24.1. The van der Waals surface area contributed by atoms with Crippen LogP contribution in [-0.2, 0) is 4.74 Å². The minimum atomic E-state index is -0.370. The lowest BCUT2D eigenvalue weighted by Crippen LogP contribution is -2.09. The molecule has 0 amide bonds. The van der Waals surface area contributed by atoms with Crippen LogP contribution in [0.5, 0.6) is 11.5 Å². The lowest BCUT2D eigenvalue weighted by molar-refractivity contribution is 0.0627. The Bertz CT molecular complexity index is 890. The molecule has 4 heteroatoms. The third kappa shape index (κ3) is 16.6. The molecule has 4 nitrogen and oxygen atoms in total. The normalized spacial score (nSPS) is 11.9. The molecule has 0 radical (unpaired) electrons. The molecule has 0 aliphatic rings. The fourth-order valence-electron chi connectivity index (χ4n) is 5.00. The highest BCUT2D eigenvalue weighted by atomic mass is 16.5. The average Bonchev–Trinajstić information content (AvgIpc) is 2.99. The van der Waals surface area contributed by atoms with E-state index >= 15 is 0 Å². The molecular weight excluding hydrogens is 508 g/mol. The second-order valence-electron chi connectivity index (χ2n) is 11.5. The quantitative estimate of drug-likeness (QED) is 0.0681. The Morgan fingerprint density at radius 1 is 0.561 bits per heavy atom. The van der Waals surface area contributed by atoms with Crippen molar-refractivity contribution in [3.8, 4) is 11.5 Å². The Kier molecular flexibility index (Phi) is 19.8. The molecule has 0 heterocycles. The zero-order valence-electron chi connectivity index (χ0n) is 26.5. The molecule has 0 saturated carbocycles. The summed E-state index contributed by atoms with van der Waals surface area (Å²) in [4.78, 5) is 12.5. The molecule has 0 N–H and O–H groups in total. The number of carbonyl (C=O) groups is 1. The summed E-state index contributed by atoms with van der Waals surface area (Å²) in [7, 11) is 0. The monoisotopic (exact) mass is 566 g/mol. The van der Waals surface area contributed by atoms with Crippen LogP contribution in [0.1, 0.15) is 158 Å². The van der Waals surface area contributed by atoms with Gasteiger partial charge in [-0.05, 0) is 61.7 Å². The molecular formula is C37H58O4. The molecule has 1 atom stereocenters. The van der Waals surface area contributed by atoms with E-state index in [1.54, 1.807) is 12.1 Å². The van der Waals surface area contributed by atoms with Gasteiger partial charge in [0.2, 0.25) is 0 Å². The van der Waals surface area contributed by atoms with Crippen LogP contribution in [0.25, 0.3) is 0 Å². The van der Waals surface area contributed by atoms with E-state index < -0.39 is 0 Å². The highest BCUT2D eigenvalue weighted by Crippen LogP contribution is 2.22. The third-order valence-electron chi connectivity index (χ3n) is 7.78. The first-order chi connectivity index (χ1) is 20.1. The largest absolute Gasteiger partial charge is 0.494 e. The van der Waals surface area contributed by atoms with Crippen LogP contribution in [0.3, 0.4) is 0 Å². The predicted octanol–water partition coefficient (Wildman–Crippen LogP) is 11.4. The smallest absolute Gasteiger partial charge is 0.343 e. The number of carbonyl (C=O) groups excluding carboxylic acids is 1. The van der Waals surface area contributed by atoms with E-state index in [4.69, 9.17) is 14.2 Å². The summed E-state index contributed by atoms with van der Waals surface area (Å²) >= 11 is 0. The van der Waals surface area contributed by atoms with Gasteiger partial charge in [0.25, 0.3) is 0 Å². The highest BCUT2D eigenvalue weighted by Gasteiger charge is 2.11. The van der Waals surface area contributed by atoms with E-state index in [1.165, 1.54) is 96.3 Å². The van der Waals surface area contributed by atoms with Gasteiger partial charge in [0.05, 0.1) is 18.3 Å². The molecule has 1 unspecified atom stereocenters. The van der Waals surface area contributed by atoms with Crippen molar-refractivity contribution in [3.63, 3.8) is 0 Å². The van der Waals surface area contributed by atoms with Crippen molar-refractivity contribution in [2.75, 3.05) is 13.2 Å². The maximum absolute atomic E-state index is 12.5. The maximum Gasteiger partial charge on any atom is 0.343 e. The first-order valence-corrected chi connectivity index (χ1v) is 16.8. The average molecular weight is 567 g/mol. The minimum Gasteiger partial charge on any atom is -0.494 e. The first kappa shape index (κ1) is 34.9. The summed E-state index contributed by atoms with van der Waals surface area (Å²) in [6.45, 7) is 7.97. The van der Waals surface area contributed by atoms with E-state index in [0.29, 0.717) is 17.9 Å². The second-order valence-corrected chi connectivity index (χ2v) is 11.5. The lowest BCUT2D eigenvalue weighted by Gasteiger charge is -2.14. The Balaban J connectivity index is 1.48. The molecule has 2 rings (SSSR count). The fraction of sp³-hybridized carbons (Fsp3) is 0.649. The molecule has 0 aliphatic carbocycles. The van der Waals surface area contributed by atoms with Crippen molar-refractivity contribution >= 4 is 5.97 Å². The van der Waals surface area contributed by atoms with Crippen molar-refractivity contribution in [2.24, 2.45) is 0 Å². The van der Waals surface area contributed by atoms with Gasteiger partial charge < -0.3 is 14.2 Å². The third-order valence-corrected chi connectivity index (χ3v) is 7.78. The van der Waals surface area contributed by atoms with E-state index in [-0.39, 0.29) is 12.1 Å². The van der Waals surface area contributed by atoms with Gasteiger partial charge in [0, 0.05) is 6.61 Å². The van der Waals surface area contributed by atoms with Crippen molar-refractivity contribution in [1.29, 1.82) is 0 Å². The number of ether oxygens (including phenoxy) is 3. The molecule has 0 bridgehead atoms. The zero-order chi connectivity index (χ0) is 29.4. The summed E-state index contributed by atoms with van der Waals surface area (Å²) in [5.41, 5.74) is 1.60. The van der Waals surface area contributed by atoms with E-state index in [9.17, 15) is 4.79 Å². The van der Waals surface area contributed by atoms with Crippen LogP contribution < -0.4 is 9.47 Å². The van der Waals surface area contributed by atoms with Gasteiger partial charge in [-0.3, -0.25) is 0 Å². The summed E-state index contributed by atoms with van der Waals surface area (Å²) < 4.78 is 17.3. The Hall–Kier alpha value is -2.33. The Morgan fingerprint density at radius 2 is 1.02 bits per heavy atom. The fourth-order valence-corrected chi connectivity index (χ4v) is 5.00. The SMILES string of the molecule is CCCCCCCCCCCCCCCCCCOC(C)c1ccc(OC(=O)c2ccc(OCCCC)cc2)cc1. The molecule has 41 heavy (non-hydrogen) atoms. The van der Waals surface area contributed by atoms with Crippen LogP contribution in [0, 0.1) is 0 Å². The first-order valence-electron chi connectivity index (χ1n) is 16.8. The predicted molar refractivity (Wildman–Crippen MR) is 172 cm³/mol. The van der Waals surface area contributed by atoms with E-state index in [0.717, 1.165) is 37.2 Å². The van der Waals surface area contributed by atoms with Gasteiger partial charge in [-0.25, -0.2) is 4.79 Å². The van der Waals surface area contributed by atoms with Crippen molar-refractivity contribution < 1.29 is 19.0 Å². The Labute approximate surface area is 251 Å². The van der Waals surface area contributed by atoms with Gasteiger partial charge in [-0.15, -0.1) is 0 Å². The van der Waals surface area contributed by atoms with Gasteiger partial charge in [0.15, 0.2) is 0 Å². The highest BCUT2D eigenvalue weighted by molar-refractivity contribution is 5.91. The molecule has 0 aliphatic heterocycles. The number of unbranched alkanes of at least 4 members (excludes halogenated alkanes) is 16. The van der Waals surface area contributed by atoms with Crippen molar-refractivity contribution in [1.82, 2.24) is 0 Å². The number of rotatable bonds is 25. The van der Waals surface area contributed by atoms with Crippen LogP contribution in [0.4, 0.5) is 0 Å². The summed E-state index contributed by atoms with van der Waals surface area (Å²) in [6, 6.07) is 14.7. The molecule has 2 aromatic carbocycles. The van der Waals surface area contributed by atoms with Crippen molar-refractivity contribution in [2.45, 2.75) is 142 Å². The standard InChI is InChI=1S/C37H58O4/c1-4-6-8-9-10-11-12-13-14-15-16-17-18-19-20-21-31-39-32(3)33-22-28-36(29-23-33)41-37(38)34-24-26-35(27-25-34)40-30-7-5-2/h22-29,32H,4-21,30-31H2,1-3H3. The van der Waals surface area contributed by atoms with Gasteiger partial charge >= 0.3 is 5.97 Å². The number of hydrogen-bond donors (Lipinski definition) is 0. The van der Waals surface area contributed by atoms with Crippen LogP contribution in [0.2, 0.25) is 0 Å². The van der Waals surface area contributed by atoms with E-state index in [1.807, 2.05) is 36.4 Å². The minimum absolute atomic E-state index is 0.0244. The van der Waals surface area contributed by atoms with Crippen LogP contribution in [-0.4, -0.2) is 19.2 Å². The topological polar surface area (TPSA) is 44.8 Å². The molecule has 0 saturated heterocycles. The number of hydrogen-bond acceptors (Lipinski definition) is 4. The van der Waals surface area contributed by atoms with Crippen LogP contribution >= 0.6 is 0 Å². The molecule has 0 fully saturated rings. The zero-order valence-corrected chi connectivity index (χ0v) is 26.5. The summed E-state index contributed by atoms with van der Waals surface area (Å²) in [5, 5.41) is 0. The number of esters is 1. The van der Waals surface area contributed by atoms with Crippen molar-refractivity contribution in [3.05, 3.63) is 59.7 Å².